The van der Waals surface area contributed by atoms with Crippen LogP contribution in [0.4, 0.5) is 5.69 Å². The molecule has 0 aromatic heterocycles. The maximum Gasteiger partial charge on any atom is 0.261 e. The van der Waals surface area contributed by atoms with E-state index in [1.54, 1.807) is 36.4 Å². The lowest BCUT2D eigenvalue weighted by atomic mass is 10.1. The van der Waals surface area contributed by atoms with Gasteiger partial charge in [0.05, 0.1) is 11.1 Å². The highest BCUT2D eigenvalue weighted by Gasteiger charge is 2.35. The fraction of sp³-hybridized carbons (Fsp3) is 0.158. The molecule has 0 spiro atoms. The zero-order valence-corrected chi connectivity index (χ0v) is 15.6. The summed E-state index contributed by atoms with van der Waals surface area (Å²) in [6.45, 7) is 0.472. The van der Waals surface area contributed by atoms with Crippen LogP contribution in [-0.2, 0) is 11.3 Å². The first-order valence-electron chi connectivity index (χ1n) is 8.31. The third-order valence-electron chi connectivity index (χ3n) is 4.57. The second kappa shape index (κ2) is 6.62. The van der Waals surface area contributed by atoms with Crippen molar-refractivity contribution in [2.45, 2.75) is 13.0 Å². The van der Waals surface area contributed by atoms with Crippen LogP contribution in [0.5, 0.6) is 0 Å². The number of nitrogens with zero attached hydrogens (tertiary/aromatic N) is 1. The molecule has 2 aliphatic rings. The topological polar surface area (TPSA) is 95.6 Å². The largest absolute Gasteiger partial charge is 0.348 e. The number of amides is 4. The average Bonchev–Trinajstić information content (AvgIpc) is 3.12. The van der Waals surface area contributed by atoms with Crippen molar-refractivity contribution in [1.82, 2.24) is 10.2 Å². The predicted molar refractivity (Wildman–Crippen MR) is 100 cm³/mol. The summed E-state index contributed by atoms with van der Waals surface area (Å²) in [6.07, 6.45) is -0.0318. The molecule has 0 radical (unpaired) electrons. The molecular weight excluding hydrogens is 414 g/mol. The molecule has 2 aromatic carbocycles. The number of hydrogen-bond acceptors (Lipinski definition) is 4. The molecule has 2 aromatic rings. The Bertz CT molecular complexity index is 1020. The van der Waals surface area contributed by atoms with Gasteiger partial charge >= 0.3 is 0 Å². The van der Waals surface area contributed by atoms with Crippen LogP contribution < -0.4 is 10.6 Å². The van der Waals surface area contributed by atoms with Crippen molar-refractivity contribution in [3.63, 3.8) is 0 Å². The molecule has 0 unspecified atom stereocenters. The Labute approximate surface area is 162 Å². The van der Waals surface area contributed by atoms with Crippen LogP contribution in [-0.4, -0.2) is 35.1 Å². The van der Waals surface area contributed by atoms with Crippen LogP contribution >= 0.6 is 15.9 Å². The van der Waals surface area contributed by atoms with Crippen LogP contribution in [0, 0.1) is 0 Å². The number of nitrogens with one attached hydrogen (secondary N) is 2. The standard InChI is InChI=1S/C19H14BrN3O4/c20-11-2-4-13-15(7-11)19(27)23(18(13)26)6-5-16(24)22-12-3-1-10-9-21-17(25)14(10)8-12/h1-4,7-8H,5-6,9H2,(H,21,25)(H,22,24). The van der Waals surface area contributed by atoms with Crippen LogP contribution in [0.25, 0.3) is 0 Å². The van der Waals surface area contributed by atoms with E-state index in [-0.39, 0.29) is 24.8 Å². The minimum Gasteiger partial charge on any atom is -0.348 e. The third kappa shape index (κ3) is 3.12. The summed E-state index contributed by atoms with van der Waals surface area (Å²) in [5.74, 6) is -1.31. The predicted octanol–water partition coefficient (Wildman–Crippen LogP) is 2.32. The van der Waals surface area contributed by atoms with Crippen molar-refractivity contribution < 1.29 is 19.2 Å². The normalized spacial score (nSPS) is 14.9. The smallest absolute Gasteiger partial charge is 0.261 e. The Kier molecular flexibility index (Phi) is 4.27. The van der Waals surface area contributed by atoms with Gasteiger partial charge in [-0.1, -0.05) is 22.0 Å². The Morgan fingerprint density at radius 2 is 1.81 bits per heavy atom. The molecule has 0 bridgehead atoms. The number of anilines is 1. The summed E-state index contributed by atoms with van der Waals surface area (Å²) in [5.41, 5.74) is 2.60. The van der Waals surface area contributed by atoms with E-state index in [4.69, 9.17) is 0 Å². The molecule has 0 saturated carbocycles. The van der Waals surface area contributed by atoms with E-state index in [2.05, 4.69) is 26.6 Å². The molecule has 0 atom stereocenters. The van der Waals surface area contributed by atoms with E-state index in [1.165, 1.54) is 0 Å². The summed E-state index contributed by atoms with van der Waals surface area (Å²) in [6, 6.07) is 10.0. The van der Waals surface area contributed by atoms with Gasteiger partial charge in [0.25, 0.3) is 17.7 Å². The molecule has 27 heavy (non-hydrogen) atoms. The monoisotopic (exact) mass is 427 g/mol. The van der Waals surface area contributed by atoms with Gasteiger partial charge in [-0.25, -0.2) is 0 Å². The van der Waals surface area contributed by atoms with Gasteiger partial charge in [-0.2, -0.15) is 0 Å². The molecule has 4 rings (SSSR count). The number of rotatable bonds is 4. The number of halogens is 1. The minimum absolute atomic E-state index is 0.0127. The number of hydrogen-bond donors (Lipinski definition) is 2. The fourth-order valence-electron chi connectivity index (χ4n) is 3.19. The van der Waals surface area contributed by atoms with Gasteiger partial charge in [0.2, 0.25) is 5.91 Å². The van der Waals surface area contributed by atoms with Crippen LogP contribution in [0.3, 0.4) is 0 Å². The van der Waals surface area contributed by atoms with Gasteiger partial charge in [0.15, 0.2) is 0 Å². The van der Waals surface area contributed by atoms with E-state index < -0.39 is 11.8 Å². The molecule has 7 nitrogen and oxygen atoms in total. The van der Waals surface area contributed by atoms with E-state index >= 15 is 0 Å². The van der Waals surface area contributed by atoms with Gasteiger partial charge in [-0.15, -0.1) is 0 Å². The van der Waals surface area contributed by atoms with Crippen molar-refractivity contribution in [2.24, 2.45) is 0 Å². The van der Waals surface area contributed by atoms with Gasteiger partial charge in [0.1, 0.15) is 0 Å². The lowest BCUT2D eigenvalue weighted by Gasteiger charge is -2.13. The lowest BCUT2D eigenvalue weighted by molar-refractivity contribution is -0.116. The maximum atomic E-state index is 12.4. The molecule has 4 amide bonds. The first kappa shape index (κ1) is 17.4. The van der Waals surface area contributed by atoms with E-state index in [1.807, 2.05) is 0 Å². The van der Waals surface area contributed by atoms with Crippen LogP contribution in [0.15, 0.2) is 40.9 Å². The number of carbonyl (C=O) groups is 4. The van der Waals surface area contributed by atoms with Crippen LogP contribution in [0.1, 0.15) is 43.1 Å². The van der Waals surface area contributed by atoms with Gasteiger partial charge in [-0.05, 0) is 35.9 Å². The van der Waals surface area contributed by atoms with E-state index in [9.17, 15) is 19.2 Å². The highest BCUT2D eigenvalue weighted by atomic mass is 79.9. The van der Waals surface area contributed by atoms with Gasteiger partial charge < -0.3 is 10.6 Å². The summed E-state index contributed by atoms with van der Waals surface area (Å²) >= 11 is 3.28. The third-order valence-corrected chi connectivity index (χ3v) is 5.07. The van der Waals surface area contributed by atoms with E-state index in [0.717, 1.165) is 10.5 Å². The quantitative estimate of drug-likeness (QED) is 0.731. The summed E-state index contributed by atoms with van der Waals surface area (Å²) in [5, 5.41) is 5.41. The zero-order valence-electron chi connectivity index (χ0n) is 14.0. The molecule has 0 aliphatic carbocycles. The molecule has 2 aliphatic heterocycles. The Hall–Kier alpha value is -3.00. The SMILES string of the molecule is O=C(CCN1C(=O)c2ccc(Br)cc2C1=O)Nc1ccc2c(c1)C(=O)NC2. The first-order chi connectivity index (χ1) is 12.9. The maximum absolute atomic E-state index is 12.4. The van der Waals surface area contributed by atoms with E-state index in [0.29, 0.717) is 33.4 Å². The number of fused-ring (bicyclic) bond motifs is 2. The summed E-state index contributed by atoms with van der Waals surface area (Å²) in [4.78, 5) is 49.8. The molecular formula is C19H14BrN3O4. The average molecular weight is 428 g/mol. The molecule has 0 fully saturated rings. The number of carbonyl (C=O) groups excluding carboxylic acids is 4. The van der Waals surface area contributed by atoms with Crippen molar-refractivity contribution in [3.8, 4) is 0 Å². The van der Waals surface area contributed by atoms with Crippen molar-refractivity contribution in [3.05, 3.63) is 63.1 Å². The Balaban J connectivity index is 1.40. The molecule has 8 heteroatoms. The second-order valence-corrected chi connectivity index (χ2v) is 7.22. The van der Waals surface area contributed by atoms with Crippen LogP contribution in [0.2, 0.25) is 0 Å². The summed E-state index contributed by atoms with van der Waals surface area (Å²) < 4.78 is 0.711. The number of imide groups is 1. The summed E-state index contributed by atoms with van der Waals surface area (Å²) in [7, 11) is 0. The minimum atomic E-state index is -0.404. The second-order valence-electron chi connectivity index (χ2n) is 6.30. The Morgan fingerprint density at radius 3 is 2.63 bits per heavy atom. The highest BCUT2D eigenvalue weighted by molar-refractivity contribution is 9.10. The molecule has 2 heterocycles. The van der Waals surface area contributed by atoms with Crippen molar-refractivity contribution in [2.75, 3.05) is 11.9 Å². The van der Waals surface area contributed by atoms with Crippen molar-refractivity contribution in [1.29, 1.82) is 0 Å². The highest BCUT2D eigenvalue weighted by Crippen LogP contribution is 2.26. The molecule has 2 N–H and O–H groups in total. The van der Waals surface area contributed by atoms with Gasteiger partial charge in [-0.3, -0.25) is 24.1 Å². The van der Waals surface area contributed by atoms with Gasteiger partial charge in [0, 0.05) is 35.2 Å². The van der Waals surface area contributed by atoms with Crippen molar-refractivity contribution >= 4 is 45.2 Å². The number of benzene rings is 2. The molecule has 136 valence electrons. The zero-order chi connectivity index (χ0) is 19.1. The fourth-order valence-corrected chi connectivity index (χ4v) is 3.55. The lowest BCUT2D eigenvalue weighted by Crippen LogP contribution is -2.32. The Morgan fingerprint density at radius 1 is 1.04 bits per heavy atom. The first-order valence-corrected chi connectivity index (χ1v) is 9.10. The molecule has 0 saturated heterocycles.